The van der Waals surface area contributed by atoms with Crippen molar-refractivity contribution >= 4 is 40.2 Å². The molecule has 0 saturated heterocycles. The monoisotopic (exact) mass is 396 g/mol. The van der Waals surface area contributed by atoms with Gasteiger partial charge in [0.05, 0.1) is 29.7 Å². The second-order valence-corrected chi connectivity index (χ2v) is 8.23. The van der Waals surface area contributed by atoms with E-state index in [0.717, 1.165) is 16.5 Å². The molecule has 1 aliphatic heterocycles. The second kappa shape index (κ2) is 6.46. The highest BCUT2D eigenvalue weighted by atomic mass is 35.5. The number of carbonyl (C=O) groups is 1. The summed E-state index contributed by atoms with van der Waals surface area (Å²) in [6.45, 7) is 9.50. The Morgan fingerprint density at radius 3 is 2.42 bits per heavy atom. The van der Waals surface area contributed by atoms with Gasteiger partial charge < -0.3 is 9.47 Å². The van der Waals surface area contributed by atoms with Gasteiger partial charge in [-0.3, -0.25) is 9.88 Å². The van der Waals surface area contributed by atoms with Gasteiger partial charge in [0, 0.05) is 11.6 Å². The van der Waals surface area contributed by atoms with Crippen LogP contribution in [0.3, 0.4) is 0 Å². The van der Waals surface area contributed by atoms with Gasteiger partial charge in [0.15, 0.2) is 0 Å². The maximum Gasteiger partial charge on any atom is 0.411 e. The maximum absolute atomic E-state index is 12.7. The predicted octanol–water partition coefficient (Wildman–Crippen LogP) is 5.92. The van der Waals surface area contributed by atoms with Gasteiger partial charge in [-0.25, -0.2) is 4.79 Å². The lowest BCUT2D eigenvalue weighted by molar-refractivity contribution is 0.0126. The molecule has 0 bridgehead atoms. The highest BCUT2D eigenvalue weighted by molar-refractivity contribution is 6.46. The molecule has 0 spiro atoms. The molecule has 3 rings (SSSR count). The van der Waals surface area contributed by atoms with Gasteiger partial charge in [-0.2, -0.15) is 0 Å². The molecule has 0 aliphatic carbocycles. The van der Waals surface area contributed by atoms with E-state index in [-0.39, 0.29) is 18.2 Å². The number of nitrogens with zero attached hydrogens (tertiary/aromatic N) is 2. The van der Waals surface area contributed by atoms with E-state index in [0.29, 0.717) is 21.3 Å². The zero-order valence-electron chi connectivity index (χ0n) is 15.7. The standard InChI is InChI=1S/C19H22Cl2N2O3/c1-9-12-8-22-17-11(7-13(25-6)15(20)16(17)21)14(12)10(2)23(9)18(24)26-19(3,4)5/h7-10H,1-6H3/t9-,10+/m1/s1. The van der Waals surface area contributed by atoms with Crippen molar-refractivity contribution in [1.82, 2.24) is 9.88 Å². The first-order valence-electron chi connectivity index (χ1n) is 8.42. The number of pyridine rings is 1. The van der Waals surface area contributed by atoms with Gasteiger partial charge in [0.25, 0.3) is 0 Å². The largest absolute Gasteiger partial charge is 0.495 e. The van der Waals surface area contributed by atoms with Crippen molar-refractivity contribution in [3.05, 3.63) is 33.4 Å². The molecule has 0 radical (unpaired) electrons. The molecule has 2 aromatic rings. The van der Waals surface area contributed by atoms with E-state index < -0.39 is 5.60 Å². The van der Waals surface area contributed by atoms with Crippen LogP contribution >= 0.6 is 23.2 Å². The molecule has 0 N–H and O–H groups in total. The molecule has 1 aromatic carbocycles. The molecule has 140 valence electrons. The molecule has 7 heteroatoms. The van der Waals surface area contributed by atoms with Crippen LogP contribution < -0.4 is 4.74 Å². The zero-order chi connectivity index (χ0) is 19.4. The number of hydrogen-bond donors (Lipinski definition) is 0. The number of fused-ring (bicyclic) bond motifs is 3. The fourth-order valence-electron chi connectivity index (χ4n) is 3.49. The van der Waals surface area contributed by atoms with Crippen LogP contribution in [-0.2, 0) is 4.74 Å². The summed E-state index contributed by atoms with van der Waals surface area (Å²) in [7, 11) is 1.54. The Hall–Kier alpha value is -1.72. The molecule has 2 atom stereocenters. The topological polar surface area (TPSA) is 51.7 Å². The normalized spacial score (nSPS) is 19.6. The van der Waals surface area contributed by atoms with Crippen LogP contribution in [0, 0.1) is 0 Å². The molecule has 1 aromatic heterocycles. The van der Waals surface area contributed by atoms with Gasteiger partial charge in [0.1, 0.15) is 16.4 Å². The number of rotatable bonds is 1. The maximum atomic E-state index is 12.7. The molecule has 1 aliphatic rings. The minimum absolute atomic E-state index is 0.160. The van der Waals surface area contributed by atoms with E-state index in [2.05, 4.69) is 4.98 Å². The van der Waals surface area contributed by atoms with Gasteiger partial charge in [-0.15, -0.1) is 0 Å². The SMILES string of the molecule is COc1cc2c3c(cnc2c(Cl)c1Cl)[C@@H](C)N(C(=O)OC(C)(C)C)[C@H]3C. The highest BCUT2D eigenvalue weighted by Gasteiger charge is 2.40. The summed E-state index contributed by atoms with van der Waals surface area (Å²) >= 11 is 12.7. The first-order chi connectivity index (χ1) is 12.1. The Morgan fingerprint density at radius 2 is 1.85 bits per heavy atom. The minimum Gasteiger partial charge on any atom is -0.495 e. The van der Waals surface area contributed by atoms with E-state index in [9.17, 15) is 4.79 Å². The third kappa shape index (κ3) is 2.97. The van der Waals surface area contributed by atoms with Crippen molar-refractivity contribution < 1.29 is 14.3 Å². The zero-order valence-corrected chi connectivity index (χ0v) is 17.2. The number of ether oxygens (including phenoxy) is 2. The van der Waals surface area contributed by atoms with Crippen molar-refractivity contribution in [2.24, 2.45) is 0 Å². The summed E-state index contributed by atoms with van der Waals surface area (Å²) < 4.78 is 10.9. The lowest BCUT2D eigenvalue weighted by Crippen LogP contribution is -2.36. The molecule has 26 heavy (non-hydrogen) atoms. The van der Waals surface area contributed by atoms with E-state index in [1.165, 1.54) is 0 Å². The fraction of sp³-hybridized carbons (Fsp3) is 0.474. The van der Waals surface area contributed by atoms with E-state index in [4.69, 9.17) is 32.7 Å². The van der Waals surface area contributed by atoms with Crippen LogP contribution in [-0.4, -0.2) is 28.7 Å². The molecule has 0 fully saturated rings. The van der Waals surface area contributed by atoms with Gasteiger partial charge in [-0.1, -0.05) is 23.2 Å². The number of benzene rings is 1. The number of carbonyl (C=O) groups excluding carboxylic acids is 1. The van der Waals surface area contributed by atoms with E-state index >= 15 is 0 Å². The van der Waals surface area contributed by atoms with E-state index in [1.54, 1.807) is 18.2 Å². The van der Waals surface area contributed by atoms with Crippen molar-refractivity contribution in [3.63, 3.8) is 0 Å². The Kier molecular flexibility index (Phi) is 4.74. The van der Waals surface area contributed by atoms with Crippen molar-refractivity contribution in [1.29, 1.82) is 0 Å². The smallest absolute Gasteiger partial charge is 0.411 e. The van der Waals surface area contributed by atoms with Crippen LogP contribution in [0.25, 0.3) is 10.9 Å². The lowest BCUT2D eigenvalue weighted by Gasteiger charge is -2.30. The molecule has 0 saturated carbocycles. The van der Waals surface area contributed by atoms with Crippen LogP contribution in [0.4, 0.5) is 4.79 Å². The Morgan fingerprint density at radius 1 is 1.19 bits per heavy atom. The molecule has 0 unspecified atom stereocenters. The van der Waals surface area contributed by atoms with Crippen LogP contribution in [0.2, 0.25) is 10.0 Å². The first kappa shape index (κ1) is 19.1. The first-order valence-corrected chi connectivity index (χ1v) is 9.18. The summed E-state index contributed by atoms with van der Waals surface area (Å²) in [5.41, 5.74) is 1.99. The summed E-state index contributed by atoms with van der Waals surface area (Å²) in [6.07, 6.45) is 1.41. The molecular weight excluding hydrogens is 375 g/mol. The molecule has 5 nitrogen and oxygen atoms in total. The van der Waals surface area contributed by atoms with Crippen LogP contribution in [0.1, 0.15) is 57.8 Å². The number of halogens is 2. The quantitative estimate of drug-likeness (QED) is 0.599. The average molecular weight is 397 g/mol. The average Bonchev–Trinajstić information content (AvgIpc) is 2.80. The van der Waals surface area contributed by atoms with Crippen LogP contribution in [0.5, 0.6) is 5.75 Å². The summed E-state index contributed by atoms with van der Waals surface area (Å²) in [5, 5.41) is 1.51. The van der Waals surface area contributed by atoms with Crippen molar-refractivity contribution in [2.45, 2.75) is 52.3 Å². The van der Waals surface area contributed by atoms with Gasteiger partial charge in [0.2, 0.25) is 0 Å². The second-order valence-electron chi connectivity index (χ2n) is 7.47. The third-order valence-corrected chi connectivity index (χ3v) is 5.45. The number of amides is 1. The molecule has 1 amide bonds. The number of aromatic nitrogens is 1. The van der Waals surface area contributed by atoms with Crippen molar-refractivity contribution in [2.75, 3.05) is 7.11 Å². The molecular formula is C19H22Cl2N2O3. The van der Waals surface area contributed by atoms with E-state index in [1.807, 2.05) is 40.7 Å². The summed E-state index contributed by atoms with van der Waals surface area (Å²) in [5.74, 6) is 0.481. The lowest BCUT2D eigenvalue weighted by atomic mass is 9.99. The third-order valence-electron chi connectivity index (χ3n) is 4.61. The number of methoxy groups -OCH3 is 1. The Bertz CT molecular complexity index is 893. The Balaban J connectivity index is 2.16. The van der Waals surface area contributed by atoms with Gasteiger partial charge >= 0.3 is 6.09 Å². The van der Waals surface area contributed by atoms with Gasteiger partial charge in [-0.05, 0) is 51.8 Å². The minimum atomic E-state index is -0.564. The fourth-order valence-corrected chi connectivity index (χ4v) is 3.95. The number of hydrogen-bond acceptors (Lipinski definition) is 4. The predicted molar refractivity (Wildman–Crippen MR) is 103 cm³/mol. The summed E-state index contributed by atoms with van der Waals surface area (Å²) in [6, 6.07) is 1.48. The highest BCUT2D eigenvalue weighted by Crippen LogP contribution is 2.48. The Labute approximate surface area is 163 Å². The molecule has 2 heterocycles. The van der Waals surface area contributed by atoms with Crippen molar-refractivity contribution in [3.8, 4) is 5.75 Å². The summed E-state index contributed by atoms with van der Waals surface area (Å²) in [4.78, 5) is 19.0. The van der Waals surface area contributed by atoms with Crippen LogP contribution in [0.15, 0.2) is 12.3 Å².